The van der Waals surface area contributed by atoms with E-state index in [2.05, 4.69) is 0 Å². The molecule has 0 amide bonds. The Balaban J connectivity index is 2.62. The van der Waals surface area contributed by atoms with Crippen LogP contribution in [0.1, 0.15) is 11.1 Å². The van der Waals surface area contributed by atoms with Gasteiger partial charge in [0.1, 0.15) is 0 Å². The molecule has 0 saturated carbocycles. The Labute approximate surface area is 116 Å². The van der Waals surface area contributed by atoms with E-state index < -0.39 is 22.2 Å². The Kier molecular flexibility index (Phi) is 3.54. The number of rotatable bonds is 2. The number of benzene rings is 1. The number of nitro benzene ring substituents is 1. The van der Waals surface area contributed by atoms with Gasteiger partial charge in [-0.25, -0.2) is 0 Å². The summed E-state index contributed by atoms with van der Waals surface area (Å²) in [6.45, 7) is 1.48. The number of nitrogens with zero attached hydrogens (tertiary/aromatic N) is 2. The van der Waals surface area contributed by atoms with Crippen molar-refractivity contribution in [3.63, 3.8) is 0 Å². The molecule has 2 rings (SSSR count). The third kappa shape index (κ3) is 2.93. The van der Waals surface area contributed by atoms with Crippen LogP contribution in [0.3, 0.4) is 0 Å². The van der Waals surface area contributed by atoms with Gasteiger partial charge in [0.15, 0.2) is 0 Å². The Morgan fingerprint density at radius 3 is 2.38 bits per heavy atom. The van der Waals surface area contributed by atoms with E-state index in [0.29, 0.717) is 17.8 Å². The van der Waals surface area contributed by atoms with E-state index in [9.17, 15) is 28.1 Å². The van der Waals surface area contributed by atoms with Crippen LogP contribution < -0.4 is 5.56 Å². The Hall–Kier alpha value is -2.64. The average molecular weight is 298 g/mol. The fourth-order valence-corrected chi connectivity index (χ4v) is 1.87. The topological polar surface area (TPSA) is 65.1 Å². The zero-order valence-corrected chi connectivity index (χ0v) is 10.7. The number of alkyl halides is 3. The zero-order chi connectivity index (χ0) is 15.8. The normalized spacial score (nSPS) is 11.4. The molecular formula is C13H9F3N2O3. The summed E-state index contributed by atoms with van der Waals surface area (Å²) in [6.07, 6.45) is -3.90. The van der Waals surface area contributed by atoms with E-state index in [1.54, 1.807) is 0 Å². The number of non-ortho nitro benzene ring substituents is 1. The molecule has 0 aliphatic carbocycles. The number of hydrogen-bond donors (Lipinski definition) is 0. The van der Waals surface area contributed by atoms with Crippen molar-refractivity contribution in [1.82, 2.24) is 4.57 Å². The lowest BCUT2D eigenvalue weighted by atomic mass is 10.1. The van der Waals surface area contributed by atoms with Crippen LogP contribution in [0, 0.1) is 17.0 Å². The SMILES string of the molecule is Cc1cc([N+](=O)[O-])ccc1-n1cc(C(F)(F)F)ccc1=O. The van der Waals surface area contributed by atoms with E-state index in [-0.39, 0.29) is 11.4 Å². The van der Waals surface area contributed by atoms with Crippen molar-refractivity contribution in [3.8, 4) is 5.69 Å². The molecule has 0 atom stereocenters. The van der Waals surface area contributed by atoms with Crippen LogP contribution in [0.25, 0.3) is 5.69 Å². The fraction of sp³-hybridized carbons (Fsp3) is 0.154. The first-order valence-electron chi connectivity index (χ1n) is 5.75. The van der Waals surface area contributed by atoms with E-state index in [4.69, 9.17) is 0 Å². The van der Waals surface area contributed by atoms with Crippen molar-refractivity contribution >= 4 is 5.69 Å². The first-order valence-corrected chi connectivity index (χ1v) is 5.75. The van der Waals surface area contributed by atoms with Gasteiger partial charge in [0.2, 0.25) is 0 Å². The minimum atomic E-state index is -4.58. The number of aromatic nitrogens is 1. The number of aryl methyl sites for hydroxylation is 1. The van der Waals surface area contributed by atoms with Crippen LogP contribution in [0.4, 0.5) is 18.9 Å². The van der Waals surface area contributed by atoms with Crippen molar-refractivity contribution < 1.29 is 18.1 Å². The largest absolute Gasteiger partial charge is 0.417 e. The molecule has 1 aromatic carbocycles. The van der Waals surface area contributed by atoms with E-state index in [0.717, 1.165) is 16.7 Å². The van der Waals surface area contributed by atoms with Crippen LogP contribution in [0.15, 0.2) is 41.3 Å². The highest BCUT2D eigenvalue weighted by atomic mass is 19.4. The number of hydrogen-bond acceptors (Lipinski definition) is 3. The van der Waals surface area contributed by atoms with Gasteiger partial charge in [-0.05, 0) is 24.6 Å². The lowest BCUT2D eigenvalue weighted by Crippen LogP contribution is -2.20. The Morgan fingerprint density at radius 1 is 1.19 bits per heavy atom. The third-order valence-electron chi connectivity index (χ3n) is 2.89. The maximum absolute atomic E-state index is 12.7. The minimum absolute atomic E-state index is 0.164. The summed E-state index contributed by atoms with van der Waals surface area (Å²) in [7, 11) is 0. The van der Waals surface area contributed by atoms with Crippen molar-refractivity contribution in [2.75, 3.05) is 0 Å². The molecule has 2 aromatic rings. The van der Waals surface area contributed by atoms with Crippen molar-refractivity contribution in [1.29, 1.82) is 0 Å². The predicted octanol–water partition coefficient (Wildman–Crippen LogP) is 3.07. The molecule has 1 aromatic heterocycles. The van der Waals surface area contributed by atoms with Crippen LogP contribution in [-0.4, -0.2) is 9.49 Å². The standard InChI is InChI=1S/C13H9F3N2O3/c1-8-6-10(18(20)21)3-4-11(8)17-7-9(13(14,15)16)2-5-12(17)19/h2-7H,1H3. The number of nitro groups is 1. The van der Waals surface area contributed by atoms with Crippen LogP contribution in [-0.2, 0) is 6.18 Å². The highest BCUT2D eigenvalue weighted by Gasteiger charge is 2.31. The molecule has 8 heteroatoms. The van der Waals surface area contributed by atoms with Crippen molar-refractivity contribution in [3.05, 3.63) is 68.1 Å². The van der Waals surface area contributed by atoms with Gasteiger partial charge in [-0.2, -0.15) is 13.2 Å². The molecule has 0 aliphatic rings. The molecule has 21 heavy (non-hydrogen) atoms. The summed E-state index contributed by atoms with van der Waals surface area (Å²) >= 11 is 0. The first kappa shape index (κ1) is 14.8. The smallest absolute Gasteiger partial charge is 0.283 e. The van der Waals surface area contributed by atoms with Gasteiger partial charge in [0, 0.05) is 24.4 Å². The second kappa shape index (κ2) is 5.04. The van der Waals surface area contributed by atoms with Crippen molar-refractivity contribution in [2.45, 2.75) is 13.1 Å². The average Bonchev–Trinajstić information content (AvgIpc) is 2.38. The summed E-state index contributed by atoms with van der Waals surface area (Å²) < 4.78 is 38.9. The fourth-order valence-electron chi connectivity index (χ4n) is 1.87. The molecule has 0 saturated heterocycles. The van der Waals surface area contributed by atoms with Gasteiger partial charge < -0.3 is 0 Å². The second-order valence-electron chi connectivity index (χ2n) is 4.35. The summed E-state index contributed by atoms with van der Waals surface area (Å²) in [5.74, 6) is 0. The molecule has 0 fully saturated rings. The predicted molar refractivity (Wildman–Crippen MR) is 68.4 cm³/mol. The number of pyridine rings is 1. The molecule has 110 valence electrons. The molecule has 1 heterocycles. The quantitative estimate of drug-likeness (QED) is 0.632. The molecule has 0 spiro atoms. The van der Waals surface area contributed by atoms with E-state index >= 15 is 0 Å². The lowest BCUT2D eigenvalue weighted by Gasteiger charge is -2.12. The molecule has 0 aliphatic heterocycles. The lowest BCUT2D eigenvalue weighted by molar-refractivity contribution is -0.384. The second-order valence-corrected chi connectivity index (χ2v) is 4.35. The molecular weight excluding hydrogens is 289 g/mol. The summed E-state index contributed by atoms with van der Waals surface area (Å²) in [6, 6.07) is 5.08. The zero-order valence-electron chi connectivity index (χ0n) is 10.7. The maximum atomic E-state index is 12.7. The molecule has 0 radical (unpaired) electrons. The maximum Gasteiger partial charge on any atom is 0.417 e. The summed E-state index contributed by atoms with van der Waals surface area (Å²) in [5, 5.41) is 10.6. The van der Waals surface area contributed by atoms with Crippen molar-refractivity contribution in [2.24, 2.45) is 0 Å². The molecule has 0 N–H and O–H groups in total. The highest BCUT2D eigenvalue weighted by molar-refractivity contribution is 5.48. The van der Waals surface area contributed by atoms with Gasteiger partial charge in [-0.3, -0.25) is 19.5 Å². The highest BCUT2D eigenvalue weighted by Crippen LogP contribution is 2.29. The summed E-state index contributed by atoms with van der Waals surface area (Å²) in [5.41, 5.74) is -1.33. The first-order chi connectivity index (χ1) is 9.70. The van der Waals surface area contributed by atoms with Gasteiger partial charge in [0.25, 0.3) is 11.2 Å². The van der Waals surface area contributed by atoms with E-state index in [1.807, 2.05) is 0 Å². The molecule has 5 nitrogen and oxygen atoms in total. The van der Waals surface area contributed by atoms with Crippen LogP contribution in [0.2, 0.25) is 0 Å². The van der Waals surface area contributed by atoms with E-state index in [1.165, 1.54) is 19.1 Å². The Morgan fingerprint density at radius 2 is 1.86 bits per heavy atom. The minimum Gasteiger partial charge on any atom is -0.283 e. The Bertz CT molecular complexity index is 766. The van der Waals surface area contributed by atoms with Crippen LogP contribution >= 0.6 is 0 Å². The van der Waals surface area contributed by atoms with Gasteiger partial charge in [0.05, 0.1) is 16.2 Å². The molecule has 0 bridgehead atoms. The third-order valence-corrected chi connectivity index (χ3v) is 2.89. The summed E-state index contributed by atoms with van der Waals surface area (Å²) in [4.78, 5) is 21.8. The van der Waals surface area contributed by atoms with Gasteiger partial charge in [-0.15, -0.1) is 0 Å². The molecule has 0 unspecified atom stereocenters. The van der Waals surface area contributed by atoms with Gasteiger partial charge >= 0.3 is 6.18 Å². The number of halogens is 3. The van der Waals surface area contributed by atoms with Crippen LogP contribution in [0.5, 0.6) is 0 Å². The van der Waals surface area contributed by atoms with Gasteiger partial charge in [-0.1, -0.05) is 0 Å². The monoisotopic (exact) mass is 298 g/mol.